The number of benzene rings is 1. The number of fused-ring (bicyclic) bond motifs is 2. The van der Waals surface area contributed by atoms with Gasteiger partial charge in [0, 0.05) is 55.1 Å². The third-order valence-electron chi connectivity index (χ3n) is 7.18. The maximum Gasteiger partial charge on any atom is 0.229 e. The zero-order valence-electron chi connectivity index (χ0n) is 17.6. The van der Waals surface area contributed by atoms with Crippen molar-refractivity contribution in [2.24, 2.45) is 11.8 Å². The van der Waals surface area contributed by atoms with Gasteiger partial charge in [-0.2, -0.15) is 5.10 Å². The highest BCUT2D eigenvalue weighted by molar-refractivity contribution is 5.98. The van der Waals surface area contributed by atoms with Crippen LogP contribution in [0, 0.1) is 11.8 Å². The molecule has 1 saturated carbocycles. The summed E-state index contributed by atoms with van der Waals surface area (Å²) in [6.07, 6.45) is 9.66. The largest absolute Gasteiger partial charge is 0.381 e. The second-order valence-corrected chi connectivity index (χ2v) is 9.25. The summed E-state index contributed by atoms with van der Waals surface area (Å²) in [5.74, 6) is 1.12. The Kier molecular flexibility index (Phi) is 4.73. The van der Waals surface area contributed by atoms with Crippen molar-refractivity contribution in [1.29, 1.82) is 0 Å². The molecule has 1 saturated heterocycles. The van der Waals surface area contributed by atoms with Crippen LogP contribution in [-0.4, -0.2) is 35.4 Å². The lowest BCUT2D eigenvalue weighted by molar-refractivity contribution is -0.122. The van der Waals surface area contributed by atoms with Gasteiger partial charge in [-0.25, -0.2) is 0 Å². The molecule has 154 valence electrons. The summed E-state index contributed by atoms with van der Waals surface area (Å²) >= 11 is 0. The summed E-state index contributed by atoms with van der Waals surface area (Å²) in [5.41, 5.74) is 4.82. The number of ether oxygens (including phenoxy) is 1. The molecule has 1 amide bonds. The van der Waals surface area contributed by atoms with Crippen LogP contribution in [0.15, 0.2) is 30.6 Å². The molecule has 1 spiro atoms. The Balaban J connectivity index is 1.51. The Morgan fingerprint density at radius 1 is 1.28 bits per heavy atom. The Morgan fingerprint density at radius 2 is 2.07 bits per heavy atom. The molecule has 5 rings (SSSR count). The molecule has 2 aliphatic heterocycles. The second-order valence-electron chi connectivity index (χ2n) is 9.25. The van der Waals surface area contributed by atoms with Crippen LogP contribution in [0.2, 0.25) is 0 Å². The van der Waals surface area contributed by atoms with Gasteiger partial charge < -0.3 is 9.64 Å². The standard InChI is InChI=1S/C24H31N3O2/c1-3-17(2)23(28)27-16-24(8-10-29-11-9-24)21-12-19(6-7-22(21)27)20-13-25-26(15-20)14-18-4-5-18/h6-7,12-13,15,17-18H,3-5,8-11,14,16H2,1-2H3/t17-/m1/s1. The molecule has 1 atom stereocenters. The van der Waals surface area contributed by atoms with Crippen LogP contribution in [0.25, 0.3) is 11.1 Å². The second kappa shape index (κ2) is 7.28. The van der Waals surface area contributed by atoms with E-state index in [0.717, 1.165) is 57.2 Å². The summed E-state index contributed by atoms with van der Waals surface area (Å²) in [6.45, 7) is 7.50. The van der Waals surface area contributed by atoms with E-state index in [9.17, 15) is 4.79 Å². The van der Waals surface area contributed by atoms with E-state index in [1.54, 1.807) is 0 Å². The smallest absolute Gasteiger partial charge is 0.229 e. The van der Waals surface area contributed by atoms with Gasteiger partial charge in [0.25, 0.3) is 0 Å². The van der Waals surface area contributed by atoms with Crippen molar-refractivity contribution in [3.8, 4) is 11.1 Å². The Labute approximate surface area is 173 Å². The summed E-state index contributed by atoms with van der Waals surface area (Å²) in [4.78, 5) is 15.2. The van der Waals surface area contributed by atoms with Crippen molar-refractivity contribution >= 4 is 11.6 Å². The molecule has 2 aromatic rings. The third kappa shape index (κ3) is 3.39. The fourth-order valence-corrected chi connectivity index (χ4v) is 4.85. The molecule has 0 bridgehead atoms. The molecule has 0 unspecified atom stereocenters. The van der Waals surface area contributed by atoms with Crippen LogP contribution in [0.1, 0.15) is 51.5 Å². The van der Waals surface area contributed by atoms with Gasteiger partial charge in [0.2, 0.25) is 5.91 Å². The lowest BCUT2D eigenvalue weighted by atomic mass is 9.75. The summed E-state index contributed by atoms with van der Waals surface area (Å²) in [7, 11) is 0. The Morgan fingerprint density at radius 3 is 2.79 bits per heavy atom. The van der Waals surface area contributed by atoms with E-state index < -0.39 is 0 Å². The molecule has 1 aromatic heterocycles. The molecule has 1 aromatic carbocycles. The quantitative estimate of drug-likeness (QED) is 0.756. The van der Waals surface area contributed by atoms with Crippen molar-refractivity contribution < 1.29 is 9.53 Å². The molecule has 5 nitrogen and oxygen atoms in total. The maximum absolute atomic E-state index is 13.1. The van der Waals surface area contributed by atoms with Gasteiger partial charge in [0.15, 0.2) is 0 Å². The summed E-state index contributed by atoms with van der Waals surface area (Å²) in [5, 5.41) is 4.58. The lowest BCUT2D eigenvalue weighted by Crippen LogP contribution is -2.42. The highest BCUT2D eigenvalue weighted by Crippen LogP contribution is 2.48. The number of hydrogen-bond acceptors (Lipinski definition) is 3. The molecule has 2 fully saturated rings. The van der Waals surface area contributed by atoms with E-state index in [1.165, 1.54) is 29.5 Å². The first-order valence-electron chi connectivity index (χ1n) is 11.2. The Hall–Kier alpha value is -2.14. The van der Waals surface area contributed by atoms with Crippen molar-refractivity contribution in [3.63, 3.8) is 0 Å². The molecule has 0 N–H and O–H groups in total. The number of hydrogen-bond donors (Lipinski definition) is 0. The highest BCUT2D eigenvalue weighted by atomic mass is 16.5. The molecular weight excluding hydrogens is 362 g/mol. The SMILES string of the molecule is CC[C@@H](C)C(=O)N1CC2(CCOCC2)c2cc(-c3cnn(CC4CC4)c3)ccc21. The van der Waals surface area contributed by atoms with Gasteiger partial charge in [-0.1, -0.05) is 19.9 Å². The number of rotatable bonds is 5. The number of amides is 1. The zero-order chi connectivity index (χ0) is 20.0. The molecule has 5 heteroatoms. The minimum atomic E-state index is 0.0245. The van der Waals surface area contributed by atoms with Crippen molar-refractivity contribution in [2.45, 2.75) is 57.9 Å². The molecular formula is C24H31N3O2. The topological polar surface area (TPSA) is 47.4 Å². The summed E-state index contributed by atoms with van der Waals surface area (Å²) < 4.78 is 7.77. The first-order valence-corrected chi connectivity index (χ1v) is 11.2. The van der Waals surface area contributed by atoms with Gasteiger partial charge >= 0.3 is 0 Å². The average molecular weight is 394 g/mol. The number of carbonyl (C=O) groups is 1. The molecule has 1 aliphatic carbocycles. The molecule has 0 radical (unpaired) electrons. The van der Waals surface area contributed by atoms with Crippen molar-refractivity contribution in [3.05, 3.63) is 36.2 Å². The molecule has 29 heavy (non-hydrogen) atoms. The normalized spacial score (nSPS) is 21.4. The molecule has 3 aliphatic rings. The lowest BCUT2D eigenvalue weighted by Gasteiger charge is -2.34. The highest BCUT2D eigenvalue weighted by Gasteiger charge is 2.46. The van der Waals surface area contributed by atoms with Crippen LogP contribution in [-0.2, 0) is 21.5 Å². The van der Waals surface area contributed by atoms with Crippen LogP contribution in [0.3, 0.4) is 0 Å². The van der Waals surface area contributed by atoms with E-state index in [4.69, 9.17) is 4.74 Å². The van der Waals surface area contributed by atoms with E-state index in [2.05, 4.69) is 46.0 Å². The summed E-state index contributed by atoms with van der Waals surface area (Å²) in [6, 6.07) is 6.64. The fourth-order valence-electron chi connectivity index (χ4n) is 4.85. The minimum Gasteiger partial charge on any atom is -0.381 e. The maximum atomic E-state index is 13.1. The predicted octanol–water partition coefficient (Wildman–Crippen LogP) is 4.40. The van der Waals surface area contributed by atoms with Gasteiger partial charge in [-0.15, -0.1) is 0 Å². The van der Waals surface area contributed by atoms with E-state index in [1.807, 2.05) is 13.1 Å². The first-order chi connectivity index (χ1) is 14.1. The first kappa shape index (κ1) is 18.9. The van der Waals surface area contributed by atoms with E-state index >= 15 is 0 Å². The van der Waals surface area contributed by atoms with E-state index in [0.29, 0.717) is 0 Å². The van der Waals surface area contributed by atoms with Crippen LogP contribution in [0.5, 0.6) is 0 Å². The van der Waals surface area contributed by atoms with Gasteiger partial charge in [0.1, 0.15) is 0 Å². The fraction of sp³-hybridized carbons (Fsp3) is 0.583. The van der Waals surface area contributed by atoms with Gasteiger partial charge in [-0.3, -0.25) is 9.48 Å². The minimum absolute atomic E-state index is 0.0245. The third-order valence-corrected chi connectivity index (χ3v) is 7.18. The van der Waals surface area contributed by atoms with E-state index in [-0.39, 0.29) is 17.2 Å². The van der Waals surface area contributed by atoms with Crippen molar-refractivity contribution in [1.82, 2.24) is 9.78 Å². The number of anilines is 1. The predicted molar refractivity (Wildman–Crippen MR) is 114 cm³/mol. The Bertz CT molecular complexity index is 909. The number of nitrogens with zero attached hydrogens (tertiary/aromatic N) is 3. The monoisotopic (exact) mass is 393 g/mol. The van der Waals surface area contributed by atoms with Gasteiger partial charge in [-0.05, 0) is 61.3 Å². The molecule has 3 heterocycles. The average Bonchev–Trinajstić information content (AvgIpc) is 3.36. The van der Waals surface area contributed by atoms with Crippen LogP contribution < -0.4 is 4.90 Å². The number of aromatic nitrogens is 2. The zero-order valence-corrected chi connectivity index (χ0v) is 17.6. The number of carbonyl (C=O) groups excluding carboxylic acids is 1. The van der Waals surface area contributed by atoms with Crippen LogP contribution >= 0.6 is 0 Å². The van der Waals surface area contributed by atoms with Crippen LogP contribution in [0.4, 0.5) is 5.69 Å². The van der Waals surface area contributed by atoms with Gasteiger partial charge in [0.05, 0.1) is 6.20 Å². The van der Waals surface area contributed by atoms with Crippen molar-refractivity contribution in [2.75, 3.05) is 24.7 Å².